The Morgan fingerprint density at radius 3 is 2.52 bits per heavy atom. The number of hydrogen-bond donors (Lipinski definition) is 0. The Bertz CT molecular complexity index is 611. The van der Waals surface area contributed by atoms with E-state index in [-0.39, 0.29) is 17.8 Å². The number of halogens is 1. The highest BCUT2D eigenvalue weighted by molar-refractivity contribution is 5.68. The molecule has 1 aromatic rings. The van der Waals surface area contributed by atoms with Gasteiger partial charge in [-0.2, -0.15) is 5.26 Å². The second-order valence-electron chi connectivity index (χ2n) is 6.54. The summed E-state index contributed by atoms with van der Waals surface area (Å²) in [6, 6.07) is 5.98. The molecule has 6 heteroatoms. The van der Waals surface area contributed by atoms with Gasteiger partial charge < -0.3 is 14.4 Å². The van der Waals surface area contributed by atoms with Gasteiger partial charge >= 0.3 is 6.09 Å². The average molecular weight is 320 g/mol. The fourth-order valence-corrected chi connectivity index (χ4v) is 2.33. The van der Waals surface area contributed by atoms with Crippen molar-refractivity contribution in [2.75, 3.05) is 13.1 Å². The van der Waals surface area contributed by atoms with Gasteiger partial charge in [-0.25, -0.2) is 9.18 Å². The van der Waals surface area contributed by atoms with Crippen LogP contribution in [-0.4, -0.2) is 35.8 Å². The predicted octanol–water partition coefficient (Wildman–Crippen LogP) is 3.48. The number of carbonyl (C=O) groups excluding carboxylic acids is 1. The Morgan fingerprint density at radius 2 is 2.00 bits per heavy atom. The molecular formula is C17H21FN2O3. The largest absolute Gasteiger partial charge is 0.490 e. The van der Waals surface area contributed by atoms with E-state index in [0.29, 0.717) is 31.7 Å². The zero-order valence-corrected chi connectivity index (χ0v) is 13.6. The van der Waals surface area contributed by atoms with E-state index in [1.165, 1.54) is 12.1 Å². The van der Waals surface area contributed by atoms with Crippen molar-refractivity contribution in [2.24, 2.45) is 0 Å². The van der Waals surface area contributed by atoms with E-state index in [1.54, 1.807) is 17.0 Å². The molecule has 0 radical (unpaired) electrons. The molecule has 0 aromatic heterocycles. The van der Waals surface area contributed by atoms with E-state index in [9.17, 15) is 9.18 Å². The summed E-state index contributed by atoms with van der Waals surface area (Å²) in [4.78, 5) is 13.6. The Labute approximate surface area is 135 Å². The number of likely N-dealkylation sites (tertiary alicyclic amines) is 1. The summed E-state index contributed by atoms with van der Waals surface area (Å²) < 4.78 is 24.6. The molecule has 2 rings (SSSR count). The molecule has 0 saturated carbocycles. The van der Waals surface area contributed by atoms with Crippen LogP contribution in [0.4, 0.5) is 9.18 Å². The van der Waals surface area contributed by atoms with Gasteiger partial charge in [0.1, 0.15) is 29.3 Å². The maximum Gasteiger partial charge on any atom is 0.410 e. The van der Waals surface area contributed by atoms with Crippen LogP contribution in [0.25, 0.3) is 0 Å². The highest BCUT2D eigenvalue weighted by Gasteiger charge is 2.27. The van der Waals surface area contributed by atoms with E-state index in [0.717, 1.165) is 0 Å². The Morgan fingerprint density at radius 1 is 1.35 bits per heavy atom. The van der Waals surface area contributed by atoms with Crippen molar-refractivity contribution in [1.29, 1.82) is 5.26 Å². The number of rotatable bonds is 2. The Kier molecular flexibility index (Phi) is 5.09. The molecule has 1 amide bonds. The number of amides is 1. The van der Waals surface area contributed by atoms with E-state index < -0.39 is 11.4 Å². The second kappa shape index (κ2) is 6.86. The summed E-state index contributed by atoms with van der Waals surface area (Å²) in [6.45, 7) is 6.58. The summed E-state index contributed by atoms with van der Waals surface area (Å²) in [5.74, 6) is -0.187. The number of ether oxygens (including phenoxy) is 2. The van der Waals surface area contributed by atoms with Gasteiger partial charge in [0.05, 0.1) is 5.56 Å². The van der Waals surface area contributed by atoms with Gasteiger partial charge in [0.25, 0.3) is 0 Å². The third kappa shape index (κ3) is 4.85. The maximum atomic E-state index is 13.6. The molecule has 0 atom stereocenters. The fourth-order valence-electron chi connectivity index (χ4n) is 2.33. The number of piperidine rings is 1. The van der Waals surface area contributed by atoms with Crippen LogP contribution < -0.4 is 4.74 Å². The smallest absolute Gasteiger partial charge is 0.410 e. The highest BCUT2D eigenvalue weighted by atomic mass is 19.1. The Balaban J connectivity index is 1.86. The third-order valence-electron chi connectivity index (χ3n) is 3.46. The number of benzene rings is 1. The molecular weight excluding hydrogens is 299 g/mol. The summed E-state index contributed by atoms with van der Waals surface area (Å²) in [7, 11) is 0. The molecule has 1 aliphatic rings. The highest BCUT2D eigenvalue weighted by Crippen LogP contribution is 2.22. The Hall–Kier alpha value is -2.29. The molecule has 0 bridgehead atoms. The van der Waals surface area contributed by atoms with Crippen LogP contribution in [0.15, 0.2) is 18.2 Å². The van der Waals surface area contributed by atoms with Gasteiger partial charge in [0, 0.05) is 32.0 Å². The first kappa shape index (κ1) is 17.1. The molecule has 1 saturated heterocycles. The van der Waals surface area contributed by atoms with Gasteiger partial charge in [0.2, 0.25) is 0 Å². The van der Waals surface area contributed by atoms with E-state index >= 15 is 0 Å². The minimum atomic E-state index is -0.587. The molecule has 124 valence electrons. The molecule has 0 N–H and O–H groups in total. The van der Waals surface area contributed by atoms with Gasteiger partial charge in [-0.3, -0.25) is 0 Å². The minimum Gasteiger partial charge on any atom is -0.490 e. The van der Waals surface area contributed by atoms with Crippen LogP contribution in [0.2, 0.25) is 0 Å². The summed E-state index contributed by atoms with van der Waals surface area (Å²) in [6.07, 6.45) is 0.906. The molecule has 1 aliphatic heterocycles. The van der Waals surface area contributed by atoms with Crippen LogP contribution in [0, 0.1) is 17.1 Å². The van der Waals surface area contributed by atoms with Gasteiger partial charge in [-0.05, 0) is 32.9 Å². The monoisotopic (exact) mass is 320 g/mol. The third-order valence-corrected chi connectivity index (χ3v) is 3.46. The lowest BCUT2D eigenvalue weighted by molar-refractivity contribution is 0.0126. The number of nitrogens with zero attached hydrogens (tertiary/aromatic N) is 2. The standard InChI is InChI=1S/C17H21FN2O3/c1-17(2,3)23-16(21)20-8-6-13(7-9-20)22-14-5-4-12(11-19)15(18)10-14/h4-5,10,13H,6-9H2,1-3H3. The van der Waals surface area contributed by atoms with E-state index in [4.69, 9.17) is 14.7 Å². The van der Waals surface area contributed by atoms with Gasteiger partial charge in [0.15, 0.2) is 0 Å². The van der Waals surface area contributed by atoms with Crippen molar-refractivity contribution >= 4 is 6.09 Å². The molecule has 0 aliphatic carbocycles. The normalized spacial score (nSPS) is 15.9. The molecule has 0 unspecified atom stereocenters. The maximum absolute atomic E-state index is 13.6. The minimum absolute atomic E-state index is 0.00269. The van der Waals surface area contributed by atoms with Crippen LogP contribution >= 0.6 is 0 Å². The van der Waals surface area contributed by atoms with Gasteiger partial charge in [-0.1, -0.05) is 0 Å². The summed E-state index contributed by atoms with van der Waals surface area (Å²) >= 11 is 0. The second-order valence-corrected chi connectivity index (χ2v) is 6.54. The van der Waals surface area contributed by atoms with Crippen LogP contribution in [0.5, 0.6) is 5.75 Å². The van der Waals surface area contributed by atoms with Crippen LogP contribution in [0.1, 0.15) is 39.2 Å². The molecule has 1 aromatic carbocycles. The summed E-state index contributed by atoms with van der Waals surface area (Å²) in [5.41, 5.74) is -0.512. The fraction of sp³-hybridized carbons (Fsp3) is 0.529. The molecule has 0 spiro atoms. The first-order valence-electron chi connectivity index (χ1n) is 7.63. The predicted molar refractivity (Wildman–Crippen MR) is 82.6 cm³/mol. The average Bonchev–Trinajstić information content (AvgIpc) is 2.46. The zero-order chi connectivity index (χ0) is 17.0. The van der Waals surface area contributed by atoms with Crippen LogP contribution in [0.3, 0.4) is 0 Å². The number of hydrogen-bond acceptors (Lipinski definition) is 4. The number of nitriles is 1. The van der Waals surface area contributed by atoms with Crippen molar-refractivity contribution in [3.05, 3.63) is 29.6 Å². The van der Waals surface area contributed by atoms with Crippen molar-refractivity contribution < 1.29 is 18.7 Å². The zero-order valence-electron chi connectivity index (χ0n) is 13.6. The lowest BCUT2D eigenvalue weighted by atomic mass is 10.1. The van der Waals surface area contributed by atoms with Gasteiger partial charge in [-0.15, -0.1) is 0 Å². The summed E-state index contributed by atoms with van der Waals surface area (Å²) in [5, 5.41) is 8.71. The quantitative estimate of drug-likeness (QED) is 0.837. The first-order valence-corrected chi connectivity index (χ1v) is 7.63. The van der Waals surface area contributed by atoms with Crippen molar-refractivity contribution in [2.45, 2.75) is 45.3 Å². The van der Waals surface area contributed by atoms with Crippen molar-refractivity contribution in [3.63, 3.8) is 0 Å². The lowest BCUT2D eigenvalue weighted by Gasteiger charge is -2.33. The molecule has 1 heterocycles. The van der Waals surface area contributed by atoms with E-state index in [2.05, 4.69) is 0 Å². The first-order chi connectivity index (χ1) is 10.8. The van der Waals surface area contributed by atoms with Crippen LogP contribution in [-0.2, 0) is 4.74 Å². The molecule has 23 heavy (non-hydrogen) atoms. The van der Waals surface area contributed by atoms with Crippen molar-refractivity contribution in [1.82, 2.24) is 4.90 Å². The number of carbonyl (C=O) groups is 1. The molecule has 5 nitrogen and oxygen atoms in total. The van der Waals surface area contributed by atoms with E-state index in [1.807, 2.05) is 20.8 Å². The topological polar surface area (TPSA) is 62.6 Å². The van der Waals surface area contributed by atoms with Crippen molar-refractivity contribution in [3.8, 4) is 11.8 Å². The molecule has 1 fully saturated rings. The SMILES string of the molecule is CC(C)(C)OC(=O)N1CCC(Oc2ccc(C#N)c(F)c2)CC1. The lowest BCUT2D eigenvalue weighted by Crippen LogP contribution is -2.44.